The van der Waals surface area contributed by atoms with E-state index in [2.05, 4.69) is 4.90 Å². The van der Waals surface area contributed by atoms with Crippen molar-refractivity contribution in [2.24, 2.45) is 0 Å². The van der Waals surface area contributed by atoms with Gasteiger partial charge in [-0.05, 0) is 33.6 Å². The van der Waals surface area contributed by atoms with Crippen LogP contribution in [0.1, 0.15) is 33.6 Å². The molecular weight excluding hydrogens is 367 g/mol. The van der Waals surface area contributed by atoms with Crippen LogP contribution in [0.25, 0.3) is 0 Å². The topological polar surface area (TPSA) is 49.4 Å². The van der Waals surface area contributed by atoms with Crippen LogP contribution in [0.15, 0.2) is 4.90 Å². The quantitative estimate of drug-likeness (QED) is 0.494. The van der Waals surface area contributed by atoms with Crippen LogP contribution in [0.5, 0.6) is 0 Å². The highest BCUT2D eigenvalue weighted by Gasteiger charge is 2.36. The molecule has 2 rings (SSSR count). The van der Waals surface area contributed by atoms with E-state index in [9.17, 15) is 30.4 Å². The summed E-state index contributed by atoms with van der Waals surface area (Å²) in [5, 5.41) is 0. The monoisotopic (exact) mass is 386 g/mol. The second kappa shape index (κ2) is 6.81. The molecule has 0 bridgehead atoms. The Morgan fingerprint density at radius 3 is 1.68 bits per heavy atom. The maximum Gasteiger partial charge on any atom is 0.246 e. The minimum atomic E-state index is -4.90. The Bertz CT molecular complexity index is 740. The number of hydrogen-bond donors (Lipinski definition) is 1. The third-order valence-corrected chi connectivity index (χ3v) is 5.74. The fourth-order valence-corrected chi connectivity index (χ4v) is 4.21. The molecule has 25 heavy (non-hydrogen) atoms. The van der Waals surface area contributed by atoms with Gasteiger partial charge in [0.2, 0.25) is 15.8 Å². The predicted octanol–water partition coefficient (Wildman–Crippen LogP) is 2.92. The minimum absolute atomic E-state index is 0.120. The van der Waals surface area contributed by atoms with Gasteiger partial charge in [-0.3, -0.25) is 4.90 Å². The molecule has 1 aromatic carbocycles. The Morgan fingerprint density at radius 2 is 1.28 bits per heavy atom. The average molecular weight is 386 g/mol. The first-order chi connectivity index (χ1) is 11.4. The smallest absolute Gasteiger partial charge is 0.246 e. The number of piperidine rings is 1. The molecule has 1 N–H and O–H groups in total. The zero-order valence-corrected chi connectivity index (χ0v) is 14.8. The van der Waals surface area contributed by atoms with Crippen LogP contribution < -0.4 is 4.72 Å². The van der Waals surface area contributed by atoms with Gasteiger partial charge in [0.15, 0.2) is 28.2 Å². The van der Waals surface area contributed by atoms with Gasteiger partial charge in [0.25, 0.3) is 0 Å². The van der Waals surface area contributed by atoms with E-state index in [4.69, 9.17) is 0 Å². The van der Waals surface area contributed by atoms with E-state index in [0.717, 1.165) is 0 Å². The Hall–Kier alpha value is -1.26. The van der Waals surface area contributed by atoms with Crippen molar-refractivity contribution < 1.29 is 30.4 Å². The molecule has 0 saturated carbocycles. The van der Waals surface area contributed by atoms with E-state index in [1.807, 2.05) is 25.5 Å². The maximum atomic E-state index is 13.7. The molecule has 4 nitrogen and oxygen atoms in total. The highest BCUT2D eigenvalue weighted by Crippen LogP contribution is 2.28. The Balaban J connectivity index is 2.25. The minimum Gasteiger partial charge on any atom is -0.298 e. The Labute approximate surface area is 143 Å². The van der Waals surface area contributed by atoms with Crippen LogP contribution >= 0.6 is 0 Å². The fraction of sp³-hybridized carbons (Fsp3) is 0.600. The van der Waals surface area contributed by atoms with Gasteiger partial charge < -0.3 is 0 Å². The Kier molecular flexibility index (Phi) is 5.46. The van der Waals surface area contributed by atoms with E-state index in [1.54, 1.807) is 0 Å². The maximum absolute atomic E-state index is 13.7. The molecule has 1 aromatic rings. The lowest BCUT2D eigenvalue weighted by atomic mass is 9.99. The summed E-state index contributed by atoms with van der Waals surface area (Å²) in [5.41, 5.74) is -0.120. The lowest BCUT2D eigenvalue weighted by Crippen LogP contribution is -2.50. The first-order valence-corrected chi connectivity index (χ1v) is 9.13. The van der Waals surface area contributed by atoms with E-state index < -0.39 is 50.0 Å². The van der Waals surface area contributed by atoms with E-state index in [1.165, 1.54) is 0 Å². The summed E-state index contributed by atoms with van der Waals surface area (Å²) < 4.78 is 93.4. The summed E-state index contributed by atoms with van der Waals surface area (Å²) in [6.45, 7) is 7.05. The molecule has 142 valence electrons. The summed E-state index contributed by atoms with van der Waals surface area (Å²) in [6, 6.07) is -0.654. The molecule has 1 saturated heterocycles. The highest BCUT2D eigenvalue weighted by molar-refractivity contribution is 7.89. The SMILES string of the molecule is CC(C)(C)N1CCC(NS(=O)(=O)c2c(F)c(F)c(F)c(F)c2F)CC1. The number of hydrogen-bond acceptors (Lipinski definition) is 3. The van der Waals surface area contributed by atoms with Gasteiger partial charge in [-0.2, -0.15) is 0 Å². The first-order valence-electron chi connectivity index (χ1n) is 7.65. The summed E-state index contributed by atoms with van der Waals surface area (Å²) in [6.07, 6.45) is 0.706. The number of nitrogens with one attached hydrogen (secondary N) is 1. The molecule has 0 spiro atoms. The molecular formula is C15H19F5N2O2S. The predicted molar refractivity (Wildman–Crippen MR) is 80.9 cm³/mol. The van der Waals surface area contributed by atoms with E-state index in [-0.39, 0.29) is 5.54 Å². The average Bonchev–Trinajstić information content (AvgIpc) is 2.50. The molecule has 0 radical (unpaired) electrons. The van der Waals surface area contributed by atoms with Crippen molar-refractivity contribution in [2.75, 3.05) is 13.1 Å². The number of nitrogens with zero attached hydrogens (tertiary/aromatic N) is 1. The lowest BCUT2D eigenvalue weighted by molar-refractivity contribution is 0.100. The van der Waals surface area contributed by atoms with Crippen LogP contribution in [0, 0.1) is 29.1 Å². The summed E-state index contributed by atoms with van der Waals surface area (Å²) in [7, 11) is -4.90. The molecule has 10 heteroatoms. The van der Waals surface area contributed by atoms with Gasteiger partial charge in [-0.15, -0.1) is 0 Å². The van der Waals surface area contributed by atoms with Crippen molar-refractivity contribution in [3.63, 3.8) is 0 Å². The van der Waals surface area contributed by atoms with Crippen LogP contribution in [-0.4, -0.2) is 38.0 Å². The first kappa shape index (κ1) is 20.1. The Morgan fingerprint density at radius 1 is 0.880 bits per heavy atom. The standard InChI is InChI=1S/C15H19F5N2O2S/c1-15(2,3)22-6-4-8(5-7-22)21-25(23,24)14-12(19)10(17)9(16)11(18)13(14)20/h8,21H,4-7H2,1-3H3. The largest absolute Gasteiger partial charge is 0.298 e. The third kappa shape index (κ3) is 3.95. The van der Waals surface area contributed by atoms with Crippen molar-refractivity contribution in [2.45, 2.75) is 50.1 Å². The van der Waals surface area contributed by atoms with Gasteiger partial charge >= 0.3 is 0 Å². The second-order valence-electron chi connectivity index (χ2n) is 6.95. The summed E-state index contributed by atoms with van der Waals surface area (Å²) in [5.74, 6) is -11.7. The normalized spacial score (nSPS) is 17.9. The molecule has 0 aromatic heterocycles. The van der Waals surface area contributed by atoms with Crippen molar-refractivity contribution in [1.82, 2.24) is 9.62 Å². The van der Waals surface area contributed by atoms with Crippen LogP contribution in [0.3, 0.4) is 0 Å². The molecule has 0 amide bonds. The van der Waals surface area contributed by atoms with Gasteiger partial charge in [0, 0.05) is 24.7 Å². The molecule has 1 fully saturated rings. The third-order valence-electron chi connectivity index (χ3n) is 4.20. The number of rotatable bonds is 3. The number of sulfonamides is 1. The zero-order chi connectivity index (χ0) is 19.2. The van der Waals surface area contributed by atoms with E-state index >= 15 is 0 Å². The zero-order valence-electron chi connectivity index (χ0n) is 14.0. The van der Waals surface area contributed by atoms with Crippen LogP contribution in [-0.2, 0) is 10.0 Å². The molecule has 1 heterocycles. The van der Waals surface area contributed by atoms with Crippen molar-refractivity contribution in [3.05, 3.63) is 29.1 Å². The molecule has 0 atom stereocenters. The van der Waals surface area contributed by atoms with Gasteiger partial charge in [-0.25, -0.2) is 35.1 Å². The lowest BCUT2D eigenvalue weighted by Gasteiger charge is -2.40. The van der Waals surface area contributed by atoms with Crippen molar-refractivity contribution >= 4 is 10.0 Å². The number of halogens is 5. The van der Waals surface area contributed by atoms with Crippen LogP contribution in [0.4, 0.5) is 22.0 Å². The number of likely N-dealkylation sites (tertiary alicyclic amines) is 1. The highest BCUT2D eigenvalue weighted by atomic mass is 32.2. The van der Waals surface area contributed by atoms with Gasteiger partial charge in [0.1, 0.15) is 0 Å². The van der Waals surface area contributed by atoms with E-state index in [0.29, 0.717) is 25.9 Å². The van der Waals surface area contributed by atoms with Gasteiger partial charge in [-0.1, -0.05) is 0 Å². The van der Waals surface area contributed by atoms with Gasteiger partial charge in [0.05, 0.1) is 0 Å². The molecule has 1 aliphatic rings. The van der Waals surface area contributed by atoms with Crippen LogP contribution in [0.2, 0.25) is 0 Å². The fourth-order valence-electron chi connectivity index (χ4n) is 2.77. The second-order valence-corrected chi connectivity index (χ2v) is 8.60. The summed E-state index contributed by atoms with van der Waals surface area (Å²) in [4.78, 5) is 0.262. The van der Waals surface area contributed by atoms with Crippen molar-refractivity contribution in [1.29, 1.82) is 0 Å². The van der Waals surface area contributed by atoms with Crippen molar-refractivity contribution in [3.8, 4) is 0 Å². The number of benzene rings is 1. The molecule has 0 unspecified atom stereocenters. The molecule has 0 aliphatic carbocycles. The molecule has 1 aliphatic heterocycles. The summed E-state index contributed by atoms with van der Waals surface area (Å²) >= 11 is 0.